The lowest BCUT2D eigenvalue weighted by molar-refractivity contribution is -1.03. The van der Waals surface area contributed by atoms with Crippen molar-refractivity contribution in [3.63, 3.8) is 0 Å². The molecule has 3 nitrogen and oxygen atoms in total. The van der Waals surface area contributed by atoms with E-state index in [4.69, 9.17) is 4.74 Å². The molecule has 19 heavy (non-hydrogen) atoms. The minimum Gasteiger partial charge on any atom is -0.494 e. The largest absolute Gasteiger partial charge is 0.494 e. The molecule has 1 fully saturated rings. The number of piperazine rings is 1. The first-order valence-electron chi connectivity index (χ1n) is 7.59. The zero-order valence-electron chi connectivity index (χ0n) is 12.5. The molecule has 1 aliphatic heterocycles. The maximum absolute atomic E-state index is 5.48. The van der Waals surface area contributed by atoms with Gasteiger partial charge in [-0.25, -0.2) is 0 Å². The van der Waals surface area contributed by atoms with Gasteiger partial charge in [-0.2, -0.15) is 0 Å². The normalized spacial score (nSPS) is 23.6. The predicted octanol–water partition coefficient (Wildman–Crippen LogP) is -0.223. The van der Waals surface area contributed by atoms with Gasteiger partial charge in [0.2, 0.25) is 0 Å². The van der Waals surface area contributed by atoms with Crippen molar-refractivity contribution >= 4 is 0 Å². The van der Waals surface area contributed by atoms with E-state index in [1.54, 1.807) is 9.80 Å². The van der Waals surface area contributed by atoms with E-state index in [1.807, 2.05) is 6.92 Å². The lowest BCUT2D eigenvalue weighted by Gasteiger charge is -2.32. The molecule has 2 N–H and O–H groups in total. The number of benzene rings is 1. The zero-order chi connectivity index (χ0) is 13.7. The minimum atomic E-state index is 0.741. The van der Waals surface area contributed by atoms with E-state index < -0.39 is 0 Å². The Morgan fingerprint density at radius 2 is 1.68 bits per heavy atom. The Bertz CT molecular complexity index is 367. The maximum Gasteiger partial charge on any atom is 0.127 e. The molecule has 1 aromatic carbocycles. The highest BCUT2D eigenvalue weighted by Gasteiger charge is 2.24. The van der Waals surface area contributed by atoms with Crippen LogP contribution in [0.5, 0.6) is 5.75 Å². The third kappa shape index (κ3) is 4.22. The minimum absolute atomic E-state index is 0.741. The quantitative estimate of drug-likeness (QED) is 0.752. The molecule has 1 aromatic rings. The van der Waals surface area contributed by atoms with E-state index in [2.05, 4.69) is 38.1 Å². The van der Waals surface area contributed by atoms with Gasteiger partial charge in [-0.05, 0) is 45.0 Å². The van der Waals surface area contributed by atoms with Crippen molar-refractivity contribution < 1.29 is 14.5 Å². The van der Waals surface area contributed by atoms with Crippen molar-refractivity contribution in [2.75, 3.05) is 32.8 Å². The summed E-state index contributed by atoms with van der Waals surface area (Å²) in [5, 5.41) is 0. The van der Waals surface area contributed by atoms with Gasteiger partial charge in [-0.15, -0.1) is 0 Å². The van der Waals surface area contributed by atoms with E-state index in [1.165, 1.54) is 31.7 Å². The van der Waals surface area contributed by atoms with Crippen molar-refractivity contribution in [3.05, 3.63) is 29.8 Å². The molecule has 1 saturated heterocycles. The number of hydrogen-bond acceptors (Lipinski definition) is 1. The molecule has 0 aromatic heterocycles. The second kappa shape index (κ2) is 6.92. The maximum atomic E-state index is 5.48. The summed E-state index contributed by atoms with van der Waals surface area (Å²) in [5.41, 5.74) is 1.42. The van der Waals surface area contributed by atoms with Crippen LogP contribution in [0.25, 0.3) is 0 Å². The summed E-state index contributed by atoms with van der Waals surface area (Å²) in [7, 11) is 0. The summed E-state index contributed by atoms with van der Waals surface area (Å²) >= 11 is 0. The number of nitrogens with one attached hydrogen (secondary N) is 2. The molecule has 0 spiro atoms. The van der Waals surface area contributed by atoms with Crippen LogP contribution in [-0.4, -0.2) is 38.8 Å². The van der Waals surface area contributed by atoms with Crippen LogP contribution in [-0.2, 0) is 6.54 Å². The van der Waals surface area contributed by atoms with Crippen LogP contribution >= 0.6 is 0 Å². The zero-order valence-corrected chi connectivity index (χ0v) is 12.5. The van der Waals surface area contributed by atoms with Gasteiger partial charge in [0.15, 0.2) is 0 Å². The van der Waals surface area contributed by atoms with Crippen molar-refractivity contribution in [1.29, 1.82) is 0 Å². The number of rotatable bonds is 5. The number of quaternary nitrogens is 2. The first-order valence-corrected chi connectivity index (χ1v) is 7.59. The van der Waals surface area contributed by atoms with Crippen molar-refractivity contribution in [3.8, 4) is 5.75 Å². The molecule has 1 aliphatic rings. The van der Waals surface area contributed by atoms with Gasteiger partial charge in [0, 0.05) is 5.56 Å². The summed E-state index contributed by atoms with van der Waals surface area (Å²) in [6.07, 6.45) is 0. The van der Waals surface area contributed by atoms with Crippen LogP contribution in [0, 0.1) is 0 Å². The van der Waals surface area contributed by atoms with Gasteiger partial charge in [0.1, 0.15) is 38.5 Å². The third-order valence-electron chi connectivity index (χ3n) is 4.10. The van der Waals surface area contributed by atoms with Crippen LogP contribution in [0.4, 0.5) is 0 Å². The molecule has 0 amide bonds. The van der Waals surface area contributed by atoms with Crippen LogP contribution in [0.3, 0.4) is 0 Å². The molecule has 0 unspecified atom stereocenters. The first kappa shape index (κ1) is 14.4. The lowest BCUT2D eigenvalue weighted by Crippen LogP contribution is -3.28. The molecule has 106 valence electrons. The molecular weight excluding hydrogens is 236 g/mol. The first-order chi connectivity index (χ1) is 9.19. The highest BCUT2D eigenvalue weighted by Crippen LogP contribution is 2.11. The van der Waals surface area contributed by atoms with E-state index in [9.17, 15) is 0 Å². The Morgan fingerprint density at radius 3 is 2.21 bits per heavy atom. The molecule has 3 heteroatoms. The van der Waals surface area contributed by atoms with Crippen molar-refractivity contribution in [2.45, 2.75) is 33.4 Å². The van der Waals surface area contributed by atoms with E-state index >= 15 is 0 Å². The molecular formula is C16H28N2O+2. The van der Waals surface area contributed by atoms with Gasteiger partial charge >= 0.3 is 0 Å². The molecule has 0 aliphatic carbocycles. The Morgan fingerprint density at radius 1 is 1.05 bits per heavy atom. The van der Waals surface area contributed by atoms with E-state index in [0.717, 1.165) is 24.9 Å². The molecule has 0 atom stereocenters. The Labute approximate surface area is 117 Å². The monoisotopic (exact) mass is 264 g/mol. The fraction of sp³-hybridized carbons (Fsp3) is 0.625. The van der Waals surface area contributed by atoms with Crippen LogP contribution in [0.2, 0.25) is 0 Å². The van der Waals surface area contributed by atoms with Crippen LogP contribution < -0.4 is 14.5 Å². The molecule has 0 bridgehead atoms. The number of hydrogen-bond donors (Lipinski definition) is 2. The Hall–Kier alpha value is -1.06. The van der Waals surface area contributed by atoms with Crippen LogP contribution in [0.1, 0.15) is 26.3 Å². The van der Waals surface area contributed by atoms with Crippen molar-refractivity contribution in [1.82, 2.24) is 0 Å². The van der Waals surface area contributed by atoms with Crippen molar-refractivity contribution in [2.24, 2.45) is 0 Å². The summed E-state index contributed by atoms with van der Waals surface area (Å²) in [4.78, 5) is 3.48. The highest BCUT2D eigenvalue weighted by molar-refractivity contribution is 5.26. The highest BCUT2D eigenvalue weighted by atomic mass is 16.5. The summed E-state index contributed by atoms with van der Waals surface area (Å²) in [6, 6.07) is 9.37. The molecule has 0 radical (unpaired) electrons. The van der Waals surface area contributed by atoms with Gasteiger partial charge in [-0.1, -0.05) is 0 Å². The molecule has 2 rings (SSSR count). The average Bonchev–Trinajstić information content (AvgIpc) is 2.42. The van der Waals surface area contributed by atoms with Gasteiger partial charge in [-0.3, -0.25) is 0 Å². The Balaban J connectivity index is 1.82. The summed E-state index contributed by atoms with van der Waals surface area (Å²) in [6.45, 7) is 13.8. The third-order valence-corrected chi connectivity index (χ3v) is 4.10. The second-order valence-electron chi connectivity index (χ2n) is 5.82. The van der Waals surface area contributed by atoms with Crippen LogP contribution in [0.15, 0.2) is 24.3 Å². The van der Waals surface area contributed by atoms with Gasteiger partial charge in [0.25, 0.3) is 0 Å². The SMILES string of the molecule is CCOc1ccc(C[NH+]2CC[NH+](C(C)C)CC2)cc1. The predicted molar refractivity (Wildman–Crippen MR) is 77.8 cm³/mol. The standard InChI is InChI=1S/C16H26N2O/c1-4-19-16-7-5-15(6-8-16)13-17-9-11-18(12-10-17)14(2)3/h5-8,14H,4,9-13H2,1-3H3/p+2. The Kier molecular flexibility index (Phi) is 5.23. The molecule has 1 heterocycles. The van der Waals surface area contributed by atoms with E-state index in [-0.39, 0.29) is 0 Å². The topological polar surface area (TPSA) is 18.1 Å². The second-order valence-corrected chi connectivity index (χ2v) is 5.82. The fourth-order valence-electron chi connectivity index (χ4n) is 2.84. The smallest absolute Gasteiger partial charge is 0.127 e. The molecule has 0 saturated carbocycles. The fourth-order valence-corrected chi connectivity index (χ4v) is 2.84. The lowest BCUT2D eigenvalue weighted by atomic mass is 10.2. The van der Waals surface area contributed by atoms with Gasteiger partial charge in [0.05, 0.1) is 12.6 Å². The number of ether oxygens (including phenoxy) is 1. The van der Waals surface area contributed by atoms with Gasteiger partial charge < -0.3 is 14.5 Å². The average molecular weight is 264 g/mol. The summed E-state index contributed by atoms with van der Waals surface area (Å²) < 4.78 is 5.48. The summed E-state index contributed by atoms with van der Waals surface area (Å²) in [5.74, 6) is 0.982. The van der Waals surface area contributed by atoms with E-state index in [0.29, 0.717) is 0 Å².